The Morgan fingerprint density at radius 3 is 2.31 bits per heavy atom. The van der Waals surface area contributed by atoms with E-state index in [9.17, 15) is 0 Å². The number of unbranched alkanes of at least 4 members (excludes halogenated alkanes) is 1. The van der Waals surface area contributed by atoms with Crippen molar-refractivity contribution in [3.05, 3.63) is 0 Å². The molecule has 0 aromatic heterocycles. The lowest BCUT2D eigenvalue weighted by molar-refractivity contribution is -0.0166. The second kappa shape index (κ2) is 5.53. The lowest BCUT2D eigenvalue weighted by atomic mass is 9.56. The van der Waals surface area contributed by atoms with E-state index in [0.717, 1.165) is 11.3 Å². The van der Waals surface area contributed by atoms with Crippen LogP contribution in [0.5, 0.6) is 0 Å². The Labute approximate surface area is 102 Å². The van der Waals surface area contributed by atoms with Crippen LogP contribution in [0, 0.1) is 11.3 Å². The van der Waals surface area contributed by atoms with Crippen molar-refractivity contribution in [2.45, 2.75) is 65.2 Å². The van der Waals surface area contributed by atoms with Gasteiger partial charge in [0, 0.05) is 0 Å². The van der Waals surface area contributed by atoms with Gasteiger partial charge in [0.15, 0.2) is 0 Å². The van der Waals surface area contributed by atoms with E-state index in [4.69, 9.17) is 0 Å². The molecule has 0 atom stereocenters. The van der Waals surface area contributed by atoms with Crippen molar-refractivity contribution < 1.29 is 0 Å². The molecule has 2 rings (SSSR count). The Morgan fingerprint density at radius 2 is 1.75 bits per heavy atom. The summed E-state index contributed by atoms with van der Waals surface area (Å²) in [6, 6.07) is 0. The fourth-order valence-electron chi connectivity index (χ4n) is 3.84. The Hall–Kier alpha value is -0.0400. The highest BCUT2D eigenvalue weighted by molar-refractivity contribution is 4.96. The van der Waals surface area contributed by atoms with Crippen molar-refractivity contribution in [2.75, 3.05) is 19.6 Å². The monoisotopic (exact) mass is 223 g/mol. The molecule has 1 aliphatic carbocycles. The summed E-state index contributed by atoms with van der Waals surface area (Å²) >= 11 is 0. The minimum Gasteiger partial charge on any atom is -0.303 e. The van der Waals surface area contributed by atoms with Gasteiger partial charge in [-0.25, -0.2) is 0 Å². The van der Waals surface area contributed by atoms with Crippen LogP contribution in [0.4, 0.5) is 0 Å². The van der Waals surface area contributed by atoms with Crippen LogP contribution in [0.15, 0.2) is 0 Å². The van der Waals surface area contributed by atoms with Gasteiger partial charge in [-0.1, -0.05) is 33.1 Å². The van der Waals surface area contributed by atoms with Crippen LogP contribution in [0.1, 0.15) is 65.2 Å². The minimum absolute atomic E-state index is 0.808. The summed E-state index contributed by atoms with van der Waals surface area (Å²) in [6.07, 6.45) is 11.8. The zero-order valence-electron chi connectivity index (χ0n) is 11.3. The van der Waals surface area contributed by atoms with Crippen LogP contribution < -0.4 is 0 Å². The van der Waals surface area contributed by atoms with Gasteiger partial charge in [-0.3, -0.25) is 0 Å². The smallest absolute Gasteiger partial charge is 0.00134 e. The maximum Gasteiger partial charge on any atom is -0.00134 e. The Balaban J connectivity index is 1.66. The van der Waals surface area contributed by atoms with E-state index < -0.39 is 0 Å². The highest BCUT2D eigenvalue weighted by atomic mass is 15.1. The first kappa shape index (κ1) is 12.4. The SMILES string of the molecule is CCCCC1CC2(CCN(CCC)CC2)C1. The molecule has 0 amide bonds. The van der Waals surface area contributed by atoms with E-state index in [-0.39, 0.29) is 0 Å². The molecule has 1 heteroatoms. The molecule has 2 aliphatic rings. The lowest BCUT2D eigenvalue weighted by Gasteiger charge is -2.52. The zero-order chi connectivity index (χ0) is 11.4. The third-order valence-corrected chi connectivity index (χ3v) is 4.87. The molecule has 0 unspecified atom stereocenters. The van der Waals surface area contributed by atoms with Gasteiger partial charge in [-0.2, -0.15) is 0 Å². The normalized spacial score (nSPS) is 25.9. The summed E-state index contributed by atoms with van der Waals surface area (Å²) < 4.78 is 0. The molecule has 0 bridgehead atoms. The van der Waals surface area contributed by atoms with Crippen molar-refractivity contribution in [3.8, 4) is 0 Å². The standard InChI is InChI=1S/C15H29N/c1-3-5-6-14-12-15(13-14)7-10-16(9-4-2)11-8-15/h14H,3-13H2,1-2H3. The second-order valence-electron chi connectivity index (χ2n) is 6.26. The number of piperidine rings is 1. The van der Waals surface area contributed by atoms with Crippen molar-refractivity contribution >= 4 is 0 Å². The molecule has 1 aliphatic heterocycles. The fourth-order valence-corrected chi connectivity index (χ4v) is 3.84. The van der Waals surface area contributed by atoms with E-state index in [1.165, 1.54) is 58.2 Å². The number of hydrogen-bond donors (Lipinski definition) is 0. The predicted octanol–water partition coefficient (Wildman–Crippen LogP) is 4.08. The van der Waals surface area contributed by atoms with Crippen LogP contribution >= 0.6 is 0 Å². The summed E-state index contributed by atoms with van der Waals surface area (Å²) in [5, 5.41) is 0. The maximum atomic E-state index is 2.67. The van der Waals surface area contributed by atoms with Crippen LogP contribution in [-0.2, 0) is 0 Å². The predicted molar refractivity (Wildman–Crippen MR) is 70.6 cm³/mol. The molecule has 0 N–H and O–H groups in total. The van der Waals surface area contributed by atoms with E-state index in [0.29, 0.717) is 0 Å². The lowest BCUT2D eigenvalue weighted by Crippen LogP contribution is -2.47. The summed E-state index contributed by atoms with van der Waals surface area (Å²) in [5.74, 6) is 1.10. The molecule has 1 heterocycles. The minimum atomic E-state index is 0.808. The van der Waals surface area contributed by atoms with Gasteiger partial charge < -0.3 is 4.90 Å². The Morgan fingerprint density at radius 1 is 1.06 bits per heavy atom. The Bertz CT molecular complexity index is 188. The van der Waals surface area contributed by atoms with Crippen molar-refractivity contribution in [2.24, 2.45) is 11.3 Å². The highest BCUT2D eigenvalue weighted by Crippen LogP contribution is 2.53. The molecule has 16 heavy (non-hydrogen) atoms. The largest absolute Gasteiger partial charge is 0.303 e. The number of likely N-dealkylation sites (tertiary alicyclic amines) is 1. The van der Waals surface area contributed by atoms with E-state index >= 15 is 0 Å². The molecule has 1 saturated carbocycles. The second-order valence-corrected chi connectivity index (χ2v) is 6.26. The molecule has 2 fully saturated rings. The van der Waals surface area contributed by atoms with Gasteiger partial charge in [-0.05, 0) is 63.1 Å². The first-order chi connectivity index (χ1) is 7.78. The average molecular weight is 223 g/mol. The summed E-state index contributed by atoms with van der Waals surface area (Å²) in [4.78, 5) is 2.67. The quantitative estimate of drug-likeness (QED) is 0.679. The number of hydrogen-bond acceptors (Lipinski definition) is 1. The van der Waals surface area contributed by atoms with Gasteiger partial charge in [0.2, 0.25) is 0 Å². The molecule has 0 radical (unpaired) electrons. The average Bonchev–Trinajstić information content (AvgIpc) is 2.26. The van der Waals surface area contributed by atoms with E-state index in [1.807, 2.05) is 0 Å². The Kier molecular flexibility index (Phi) is 4.29. The van der Waals surface area contributed by atoms with Crippen molar-refractivity contribution in [3.63, 3.8) is 0 Å². The third kappa shape index (κ3) is 2.80. The number of nitrogens with zero attached hydrogens (tertiary/aromatic N) is 1. The number of rotatable bonds is 5. The zero-order valence-corrected chi connectivity index (χ0v) is 11.3. The summed E-state index contributed by atoms with van der Waals surface area (Å²) in [7, 11) is 0. The molecule has 1 spiro atoms. The third-order valence-electron chi connectivity index (χ3n) is 4.87. The molecule has 0 aromatic carbocycles. The van der Waals surface area contributed by atoms with Crippen LogP contribution in [-0.4, -0.2) is 24.5 Å². The molecule has 0 aromatic rings. The first-order valence-electron chi connectivity index (χ1n) is 7.50. The van der Waals surface area contributed by atoms with Crippen LogP contribution in [0.2, 0.25) is 0 Å². The maximum absolute atomic E-state index is 2.67. The van der Waals surface area contributed by atoms with E-state index in [2.05, 4.69) is 18.7 Å². The van der Waals surface area contributed by atoms with Gasteiger partial charge >= 0.3 is 0 Å². The van der Waals surface area contributed by atoms with Crippen LogP contribution in [0.3, 0.4) is 0 Å². The first-order valence-corrected chi connectivity index (χ1v) is 7.50. The van der Waals surface area contributed by atoms with Crippen molar-refractivity contribution in [1.82, 2.24) is 4.90 Å². The molecular formula is C15H29N. The highest BCUT2D eigenvalue weighted by Gasteiger charge is 2.44. The van der Waals surface area contributed by atoms with Gasteiger partial charge in [0.05, 0.1) is 0 Å². The topological polar surface area (TPSA) is 3.24 Å². The molecular weight excluding hydrogens is 194 g/mol. The van der Waals surface area contributed by atoms with Gasteiger partial charge in [0.1, 0.15) is 0 Å². The van der Waals surface area contributed by atoms with Crippen LogP contribution in [0.25, 0.3) is 0 Å². The summed E-state index contributed by atoms with van der Waals surface area (Å²) in [6.45, 7) is 8.71. The van der Waals surface area contributed by atoms with Gasteiger partial charge in [-0.15, -0.1) is 0 Å². The van der Waals surface area contributed by atoms with Crippen molar-refractivity contribution in [1.29, 1.82) is 0 Å². The fraction of sp³-hybridized carbons (Fsp3) is 1.00. The summed E-state index contributed by atoms with van der Waals surface area (Å²) in [5.41, 5.74) is 0.808. The molecule has 94 valence electrons. The van der Waals surface area contributed by atoms with Gasteiger partial charge in [0.25, 0.3) is 0 Å². The molecule has 1 nitrogen and oxygen atoms in total. The molecule has 1 saturated heterocycles. The van der Waals surface area contributed by atoms with E-state index in [1.54, 1.807) is 12.8 Å².